The first-order valence-electron chi connectivity index (χ1n) is 8.46. The van der Waals surface area contributed by atoms with Crippen molar-refractivity contribution in [2.45, 2.75) is 13.0 Å². The molecule has 0 spiro atoms. The molecule has 1 atom stereocenters. The molecule has 4 rings (SSSR count). The third-order valence-corrected chi connectivity index (χ3v) is 4.96. The smallest absolute Gasteiger partial charge is 0.325 e. The molecule has 2 aromatic heterocycles. The van der Waals surface area contributed by atoms with Gasteiger partial charge < -0.3 is 15.2 Å². The predicted octanol–water partition coefficient (Wildman–Crippen LogP) is 3.60. The average molecular weight is 442 g/mol. The minimum Gasteiger partial charge on any atom is -0.497 e. The third kappa shape index (κ3) is 3.13. The number of nitrogens with one attached hydrogen (secondary N) is 1. The third-order valence-electron chi connectivity index (χ3n) is 4.32. The lowest BCUT2D eigenvalue weighted by molar-refractivity contribution is -0.137. The highest BCUT2D eigenvalue weighted by atomic mass is 79.9. The number of para-hydroxylation sites is 1. The summed E-state index contributed by atoms with van der Waals surface area (Å²) in [6.07, 6.45) is 0. The van der Waals surface area contributed by atoms with E-state index >= 15 is 0 Å². The van der Waals surface area contributed by atoms with Crippen molar-refractivity contribution in [3.05, 3.63) is 46.9 Å². The molecule has 2 aromatic carbocycles. The molecule has 2 N–H and O–H groups in total. The number of nitrogens with zero attached hydrogens (tertiary/aromatic N) is 4. The first-order chi connectivity index (χ1) is 13.5. The van der Waals surface area contributed by atoms with Crippen LogP contribution in [-0.2, 0) is 4.79 Å². The largest absolute Gasteiger partial charge is 0.497 e. The normalized spacial score (nSPS) is 12.2. The molecule has 0 saturated heterocycles. The maximum absolute atomic E-state index is 11.3. The maximum atomic E-state index is 11.3. The Hall–Kier alpha value is -3.20. The molecule has 0 radical (unpaired) electrons. The van der Waals surface area contributed by atoms with E-state index in [0.29, 0.717) is 22.9 Å². The van der Waals surface area contributed by atoms with Crippen LogP contribution >= 0.6 is 15.9 Å². The number of methoxy groups -OCH3 is 1. The van der Waals surface area contributed by atoms with Gasteiger partial charge in [-0.05, 0) is 59.3 Å². The molecule has 28 heavy (non-hydrogen) atoms. The summed E-state index contributed by atoms with van der Waals surface area (Å²) in [5.74, 6) is 0.554. The van der Waals surface area contributed by atoms with Crippen LogP contribution in [-0.4, -0.2) is 43.8 Å². The Morgan fingerprint density at radius 1 is 1.21 bits per heavy atom. The van der Waals surface area contributed by atoms with Gasteiger partial charge in [0.05, 0.1) is 12.6 Å². The zero-order valence-electron chi connectivity index (χ0n) is 15.0. The van der Waals surface area contributed by atoms with Gasteiger partial charge in [0.15, 0.2) is 11.5 Å². The van der Waals surface area contributed by atoms with Crippen molar-refractivity contribution in [2.24, 2.45) is 0 Å². The van der Waals surface area contributed by atoms with E-state index in [2.05, 4.69) is 36.3 Å². The molecule has 0 fully saturated rings. The zero-order valence-corrected chi connectivity index (χ0v) is 16.6. The van der Waals surface area contributed by atoms with Crippen LogP contribution in [0, 0.1) is 0 Å². The summed E-state index contributed by atoms with van der Waals surface area (Å²) in [6.45, 7) is 1.54. The number of rotatable bonds is 5. The Kier molecular flexibility index (Phi) is 4.60. The lowest BCUT2D eigenvalue weighted by Crippen LogP contribution is -2.27. The highest BCUT2D eigenvalue weighted by molar-refractivity contribution is 9.10. The van der Waals surface area contributed by atoms with Crippen molar-refractivity contribution in [1.82, 2.24) is 19.6 Å². The molecule has 0 unspecified atom stereocenters. The fraction of sp³-hybridized carbons (Fsp3) is 0.158. The second-order valence-corrected chi connectivity index (χ2v) is 7.03. The first kappa shape index (κ1) is 18.2. The van der Waals surface area contributed by atoms with Crippen LogP contribution in [0.1, 0.15) is 6.92 Å². The number of anilines is 1. The van der Waals surface area contributed by atoms with Crippen molar-refractivity contribution >= 4 is 44.4 Å². The standard InChI is InChI=1S/C19H16BrN5O3/c1-10(18(26)27)21-19-22-15-13(4-3-5-14(15)20)17-23-16(24-25(17)19)11-6-8-12(28-2)9-7-11/h3-10H,1-2H3,(H,21,22)(H,26,27)/t10-/m1/s1. The van der Waals surface area contributed by atoms with Gasteiger partial charge in [0.25, 0.3) is 0 Å². The molecule has 0 aliphatic heterocycles. The zero-order chi connectivity index (χ0) is 19.8. The number of hydrogen-bond donors (Lipinski definition) is 2. The second-order valence-electron chi connectivity index (χ2n) is 6.17. The van der Waals surface area contributed by atoms with Crippen LogP contribution in [0.15, 0.2) is 46.9 Å². The summed E-state index contributed by atoms with van der Waals surface area (Å²) in [4.78, 5) is 20.6. The Morgan fingerprint density at radius 2 is 1.96 bits per heavy atom. The number of aromatic nitrogens is 4. The topological polar surface area (TPSA) is 102 Å². The van der Waals surface area contributed by atoms with Gasteiger partial charge in [0.2, 0.25) is 5.95 Å². The molecular formula is C19H16BrN5O3. The second kappa shape index (κ2) is 7.08. The van der Waals surface area contributed by atoms with E-state index in [0.717, 1.165) is 21.2 Å². The van der Waals surface area contributed by atoms with E-state index in [1.165, 1.54) is 4.52 Å². The summed E-state index contributed by atoms with van der Waals surface area (Å²) < 4.78 is 7.51. The number of benzene rings is 2. The van der Waals surface area contributed by atoms with Gasteiger partial charge in [-0.25, -0.2) is 9.97 Å². The van der Waals surface area contributed by atoms with Gasteiger partial charge >= 0.3 is 5.97 Å². The molecule has 9 heteroatoms. The number of halogens is 1. The Labute approximate surface area is 168 Å². The number of aliphatic carboxylic acids is 1. The fourth-order valence-electron chi connectivity index (χ4n) is 2.81. The van der Waals surface area contributed by atoms with Crippen molar-refractivity contribution in [2.75, 3.05) is 12.4 Å². The van der Waals surface area contributed by atoms with Gasteiger partial charge in [-0.3, -0.25) is 4.79 Å². The number of carbonyl (C=O) groups is 1. The molecule has 142 valence electrons. The molecule has 0 aliphatic rings. The summed E-state index contributed by atoms with van der Waals surface area (Å²) in [6, 6.07) is 12.2. The molecule has 8 nitrogen and oxygen atoms in total. The van der Waals surface area contributed by atoms with Crippen LogP contribution in [0.2, 0.25) is 0 Å². The lowest BCUT2D eigenvalue weighted by atomic mass is 10.2. The summed E-state index contributed by atoms with van der Waals surface area (Å²) >= 11 is 3.50. The van der Waals surface area contributed by atoms with Crippen LogP contribution in [0.5, 0.6) is 5.75 Å². The van der Waals surface area contributed by atoms with E-state index in [1.54, 1.807) is 14.0 Å². The SMILES string of the molecule is COc1ccc(-c2nc3c4cccc(Br)c4nc(N[C@H](C)C(=O)O)n3n2)cc1. The van der Waals surface area contributed by atoms with Crippen molar-refractivity contribution in [3.8, 4) is 17.1 Å². The molecule has 2 heterocycles. The monoisotopic (exact) mass is 441 g/mol. The molecular weight excluding hydrogens is 426 g/mol. The molecule has 0 saturated carbocycles. The maximum Gasteiger partial charge on any atom is 0.325 e. The number of fused-ring (bicyclic) bond motifs is 3. The lowest BCUT2D eigenvalue weighted by Gasteiger charge is -2.12. The predicted molar refractivity (Wildman–Crippen MR) is 109 cm³/mol. The van der Waals surface area contributed by atoms with Crippen molar-refractivity contribution in [1.29, 1.82) is 0 Å². The molecule has 0 bridgehead atoms. The number of carboxylic acid groups (broad SMARTS) is 1. The average Bonchev–Trinajstić information content (AvgIpc) is 3.15. The quantitative estimate of drug-likeness (QED) is 0.487. The number of carboxylic acids is 1. The van der Waals surface area contributed by atoms with E-state index in [-0.39, 0.29) is 0 Å². The minimum absolute atomic E-state index is 0.302. The highest BCUT2D eigenvalue weighted by Gasteiger charge is 2.19. The van der Waals surface area contributed by atoms with Crippen molar-refractivity contribution < 1.29 is 14.6 Å². The van der Waals surface area contributed by atoms with Crippen LogP contribution in [0.4, 0.5) is 5.95 Å². The molecule has 0 amide bonds. The Balaban J connectivity index is 1.94. The fourth-order valence-corrected chi connectivity index (χ4v) is 3.26. The summed E-state index contributed by atoms with van der Waals surface area (Å²) in [5.41, 5.74) is 2.06. The van der Waals surface area contributed by atoms with Crippen molar-refractivity contribution in [3.63, 3.8) is 0 Å². The van der Waals surface area contributed by atoms with Crippen LogP contribution in [0.25, 0.3) is 27.9 Å². The summed E-state index contributed by atoms with van der Waals surface area (Å²) in [7, 11) is 1.61. The Morgan fingerprint density at radius 3 is 2.64 bits per heavy atom. The van der Waals surface area contributed by atoms with Crippen LogP contribution < -0.4 is 10.1 Å². The van der Waals surface area contributed by atoms with E-state index in [1.807, 2.05) is 42.5 Å². The first-order valence-corrected chi connectivity index (χ1v) is 9.26. The Bertz CT molecular complexity index is 1190. The van der Waals surface area contributed by atoms with E-state index < -0.39 is 12.0 Å². The summed E-state index contributed by atoms with van der Waals surface area (Å²) in [5, 5.41) is 17.5. The molecule has 0 aliphatic carbocycles. The van der Waals surface area contributed by atoms with Crippen LogP contribution in [0.3, 0.4) is 0 Å². The van der Waals surface area contributed by atoms with E-state index in [4.69, 9.17) is 4.74 Å². The number of ether oxygens (including phenoxy) is 1. The van der Waals surface area contributed by atoms with Gasteiger partial charge in [-0.15, -0.1) is 5.10 Å². The minimum atomic E-state index is -0.988. The molecule has 4 aromatic rings. The highest BCUT2D eigenvalue weighted by Crippen LogP contribution is 2.29. The van der Waals surface area contributed by atoms with Gasteiger partial charge in [-0.1, -0.05) is 6.07 Å². The van der Waals surface area contributed by atoms with Gasteiger partial charge in [0, 0.05) is 15.4 Å². The number of hydrogen-bond acceptors (Lipinski definition) is 6. The van der Waals surface area contributed by atoms with Gasteiger partial charge in [0.1, 0.15) is 11.8 Å². The van der Waals surface area contributed by atoms with Gasteiger partial charge in [-0.2, -0.15) is 4.52 Å². The van der Waals surface area contributed by atoms with E-state index in [9.17, 15) is 9.90 Å².